The highest BCUT2D eigenvalue weighted by Crippen LogP contribution is 2.15. The molecule has 0 radical (unpaired) electrons. The molecule has 2 aromatic rings. The van der Waals surface area contributed by atoms with Crippen LogP contribution in [-0.4, -0.2) is 14.6 Å². The van der Waals surface area contributed by atoms with Crippen LogP contribution >= 0.6 is 11.6 Å². The monoisotopic (exact) mass is 196 g/mol. The predicted octanol–water partition coefficient (Wildman–Crippen LogP) is 1.40. The standard InChI is InChI=1S/C8H9ClN4/c1-5(10)7-11-8-6(9)3-2-4-13(8)12-7/h2-5H,10H2,1H3. The van der Waals surface area contributed by atoms with Gasteiger partial charge in [0, 0.05) is 6.20 Å². The molecule has 0 bridgehead atoms. The van der Waals surface area contributed by atoms with Gasteiger partial charge in [-0.2, -0.15) is 0 Å². The van der Waals surface area contributed by atoms with Gasteiger partial charge in [0.05, 0.1) is 11.1 Å². The summed E-state index contributed by atoms with van der Waals surface area (Å²) in [6.07, 6.45) is 1.79. The van der Waals surface area contributed by atoms with Gasteiger partial charge < -0.3 is 5.73 Å². The number of halogens is 1. The van der Waals surface area contributed by atoms with Gasteiger partial charge in [-0.3, -0.25) is 0 Å². The van der Waals surface area contributed by atoms with Crippen molar-refractivity contribution in [2.75, 3.05) is 0 Å². The third-order valence-electron chi connectivity index (χ3n) is 1.74. The van der Waals surface area contributed by atoms with Gasteiger partial charge in [0.15, 0.2) is 11.5 Å². The van der Waals surface area contributed by atoms with Crippen molar-refractivity contribution >= 4 is 17.2 Å². The van der Waals surface area contributed by atoms with Gasteiger partial charge in [-0.25, -0.2) is 9.50 Å². The molecule has 2 N–H and O–H groups in total. The van der Waals surface area contributed by atoms with E-state index in [0.29, 0.717) is 16.5 Å². The highest BCUT2D eigenvalue weighted by molar-refractivity contribution is 6.33. The minimum absolute atomic E-state index is 0.170. The summed E-state index contributed by atoms with van der Waals surface area (Å²) in [4.78, 5) is 4.21. The fourth-order valence-corrected chi connectivity index (χ4v) is 1.28. The first-order valence-electron chi connectivity index (χ1n) is 3.95. The summed E-state index contributed by atoms with van der Waals surface area (Å²) in [5, 5.41) is 4.75. The van der Waals surface area contributed by atoms with Crippen LogP contribution in [0.5, 0.6) is 0 Å². The van der Waals surface area contributed by atoms with E-state index in [1.54, 1.807) is 16.8 Å². The lowest BCUT2D eigenvalue weighted by atomic mass is 10.3. The van der Waals surface area contributed by atoms with Crippen molar-refractivity contribution in [2.45, 2.75) is 13.0 Å². The molecular formula is C8H9ClN4. The van der Waals surface area contributed by atoms with E-state index in [0.717, 1.165) is 0 Å². The van der Waals surface area contributed by atoms with Crippen molar-refractivity contribution in [1.29, 1.82) is 0 Å². The summed E-state index contributed by atoms with van der Waals surface area (Å²) in [6, 6.07) is 3.42. The number of rotatable bonds is 1. The van der Waals surface area contributed by atoms with Crippen LogP contribution in [0, 0.1) is 0 Å². The molecule has 0 aliphatic heterocycles. The van der Waals surface area contributed by atoms with Crippen LogP contribution < -0.4 is 5.73 Å². The first-order chi connectivity index (χ1) is 6.18. The van der Waals surface area contributed by atoms with Crippen LogP contribution in [0.1, 0.15) is 18.8 Å². The van der Waals surface area contributed by atoms with Crippen LogP contribution in [0.15, 0.2) is 18.3 Å². The first kappa shape index (κ1) is 8.47. The normalized spacial score (nSPS) is 13.5. The highest BCUT2D eigenvalue weighted by Gasteiger charge is 2.08. The molecule has 13 heavy (non-hydrogen) atoms. The lowest BCUT2D eigenvalue weighted by molar-refractivity contribution is 0.734. The SMILES string of the molecule is CC(N)c1nc2c(Cl)cccn2n1. The van der Waals surface area contributed by atoms with Gasteiger partial charge >= 0.3 is 0 Å². The van der Waals surface area contributed by atoms with Crippen molar-refractivity contribution in [3.63, 3.8) is 0 Å². The van der Waals surface area contributed by atoms with Crippen LogP contribution in [-0.2, 0) is 0 Å². The second-order valence-electron chi connectivity index (χ2n) is 2.88. The Morgan fingerprint density at radius 3 is 3.00 bits per heavy atom. The van der Waals surface area contributed by atoms with Gasteiger partial charge in [0.1, 0.15) is 0 Å². The predicted molar refractivity (Wildman–Crippen MR) is 50.6 cm³/mol. The van der Waals surface area contributed by atoms with Gasteiger partial charge in [-0.1, -0.05) is 11.6 Å². The Labute approximate surface area is 80.3 Å². The van der Waals surface area contributed by atoms with E-state index in [9.17, 15) is 0 Å². The molecule has 0 aliphatic rings. The zero-order chi connectivity index (χ0) is 9.42. The van der Waals surface area contributed by atoms with Gasteiger partial charge in [-0.05, 0) is 19.1 Å². The van der Waals surface area contributed by atoms with E-state index in [-0.39, 0.29) is 6.04 Å². The van der Waals surface area contributed by atoms with E-state index in [1.165, 1.54) is 0 Å². The minimum atomic E-state index is -0.170. The Balaban J connectivity index is 2.68. The maximum atomic E-state index is 5.91. The van der Waals surface area contributed by atoms with E-state index in [4.69, 9.17) is 17.3 Å². The molecule has 1 atom stereocenters. The zero-order valence-electron chi connectivity index (χ0n) is 7.11. The average molecular weight is 197 g/mol. The van der Waals surface area contributed by atoms with Crippen molar-refractivity contribution in [3.8, 4) is 0 Å². The van der Waals surface area contributed by atoms with Crippen LogP contribution in [0.2, 0.25) is 5.02 Å². The maximum absolute atomic E-state index is 5.91. The number of pyridine rings is 1. The lowest BCUT2D eigenvalue weighted by Crippen LogP contribution is -2.06. The summed E-state index contributed by atoms with van der Waals surface area (Å²) in [5.74, 6) is 0.605. The van der Waals surface area contributed by atoms with E-state index in [2.05, 4.69) is 10.1 Å². The Kier molecular flexibility index (Phi) is 1.94. The van der Waals surface area contributed by atoms with Crippen molar-refractivity contribution in [1.82, 2.24) is 14.6 Å². The molecule has 0 aromatic carbocycles. The third-order valence-corrected chi connectivity index (χ3v) is 2.03. The molecular weight excluding hydrogens is 188 g/mol. The van der Waals surface area contributed by atoms with Gasteiger partial charge in [0.2, 0.25) is 0 Å². The summed E-state index contributed by atoms with van der Waals surface area (Å²) in [5.41, 5.74) is 6.30. The van der Waals surface area contributed by atoms with Crippen LogP contribution in [0.3, 0.4) is 0 Å². The van der Waals surface area contributed by atoms with E-state index < -0.39 is 0 Å². The molecule has 1 unspecified atom stereocenters. The Morgan fingerprint density at radius 2 is 2.38 bits per heavy atom. The summed E-state index contributed by atoms with van der Waals surface area (Å²) < 4.78 is 1.63. The number of hydrogen-bond donors (Lipinski definition) is 1. The molecule has 2 rings (SSSR count). The quantitative estimate of drug-likeness (QED) is 0.750. The summed E-state index contributed by atoms with van der Waals surface area (Å²) >= 11 is 5.91. The molecule has 68 valence electrons. The van der Waals surface area contributed by atoms with Crippen molar-refractivity contribution < 1.29 is 0 Å². The summed E-state index contributed by atoms with van der Waals surface area (Å²) in [7, 11) is 0. The second kappa shape index (κ2) is 2.97. The number of aromatic nitrogens is 3. The van der Waals surface area contributed by atoms with Crippen molar-refractivity contribution in [2.24, 2.45) is 5.73 Å². The van der Waals surface area contributed by atoms with E-state index >= 15 is 0 Å². The Hall–Kier alpha value is -1.13. The van der Waals surface area contributed by atoms with Crippen molar-refractivity contribution in [3.05, 3.63) is 29.2 Å². The van der Waals surface area contributed by atoms with Crippen LogP contribution in [0.25, 0.3) is 5.65 Å². The number of hydrogen-bond acceptors (Lipinski definition) is 3. The zero-order valence-corrected chi connectivity index (χ0v) is 7.86. The van der Waals surface area contributed by atoms with Crippen LogP contribution in [0.4, 0.5) is 0 Å². The number of nitrogens with zero attached hydrogens (tertiary/aromatic N) is 3. The second-order valence-corrected chi connectivity index (χ2v) is 3.29. The molecule has 2 aromatic heterocycles. The number of nitrogens with two attached hydrogens (primary N) is 1. The molecule has 0 saturated carbocycles. The molecule has 5 heteroatoms. The largest absolute Gasteiger partial charge is 0.321 e. The highest BCUT2D eigenvalue weighted by atomic mass is 35.5. The molecule has 0 amide bonds. The average Bonchev–Trinajstić information content (AvgIpc) is 2.49. The number of fused-ring (bicyclic) bond motifs is 1. The fraction of sp³-hybridized carbons (Fsp3) is 0.250. The topological polar surface area (TPSA) is 56.2 Å². The smallest absolute Gasteiger partial charge is 0.174 e. The summed E-state index contributed by atoms with van der Waals surface area (Å²) in [6.45, 7) is 1.84. The Bertz CT molecular complexity index is 435. The molecule has 0 fully saturated rings. The fourth-order valence-electron chi connectivity index (χ4n) is 1.08. The molecule has 0 aliphatic carbocycles. The van der Waals surface area contributed by atoms with Gasteiger partial charge in [-0.15, -0.1) is 5.10 Å². The molecule has 0 saturated heterocycles. The Morgan fingerprint density at radius 1 is 1.62 bits per heavy atom. The molecule has 2 heterocycles. The third kappa shape index (κ3) is 1.38. The lowest BCUT2D eigenvalue weighted by Gasteiger charge is -1.93. The molecule has 4 nitrogen and oxygen atoms in total. The maximum Gasteiger partial charge on any atom is 0.174 e. The van der Waals surface area contributed by atoms with Gasteiger partial charge in [0.25, 0.3) is 0 Å². The van der Waals surface area contributed by atoms with E-state index in [1.807, 2.05) is 13.0 Å². The first-order valence-corrected chi connectivity index (χ1v) is 4.32. The molecule has 0 spiro atoms. The minimum Gasteiger partial charge on any atom is -0.321 e.